The van der Waals surface area contributed by atoms with E-state index in [1.54, 1.807) is 19.1 Å². The fourth-order valence-electron chi connectivity index (χ4n) is 4.95. The Morgan fingerprint density at radius 2 is 1.87 bits per heavy atom. The normalized spacial score (nSPS) is 19.0. The van der Waals surface area contributed by atoms with E-state index < -0.39 is 23.0 Å². The van der Waals surface area contributed by atoms with E-state index in [-0.39, 0.29) is 18.2 Å². The fraction of sp³-hybridized carbons (Fsp3) is 0.276. The molecular formula is C29H26N4O4S2. The number of rotatable bonds is 6. The number of nitriles is 1. The summed E-state index contributed by atoms with van der Waals surface area (Å²) in [6, 6.07) is 19.3. The first-order valence-electron chi connectivity index (χ1n) is 12.7. The van der Waals surface area contributed by atoms with Gasteiger partial charge in [0.15, 0.2) is 11.4 Å². The van der Waals surface area contributed by atoms with Gasteiger partial charge in [0.2, 0.25) is 11.8 Å². The summed E-state index contributed by atoms with van der Waals surface area (Å²) in [7, 11) is 0. The van der Waals surface area contributed by atoms with E-state index in [1.165, 1.54) is 16.9 Å². The van der Waals surface area contributed by atoms with Crippen LogP contribution in [0.3, 0.4) is 0 Å². The summed E-state index contributed by atoms with van der Waals surface area (Å²) >= 11 is 2.36. The molecule has 3 aromatic rings. The van der Waals surface area contributed by atoms with Gasteiger partial charge in [0, 0.05) is 11.3 Å². The standard InChI is InChI=1S/C29H26N4O4S2/c1-2-37-28(36)25-21-14-13-19(18-9-5-3-6-10-18)15-22(21)38-27(25)33-24(34)16-23(26(33)35)39-29(31-17-30)32-20-11-7-4-8-12-20/h3-12,19,23H,2,13-16H2,1H3,(H,31,32). The average Bonchev–Trinajstić information content (AvgIpc) is 3.45. The second-order valence-corrected chi connectivity index (χ2v) is 11.4. The van der Waals surface area contributed by atoms with Gasteiger partial charge in [0.05, 0.1) is 17.9 Å². The first-order chi connectivity index (χ1) is 19.0. The number of carbonyl (C=O) groups excluding carboxylic acids is 3. The lowest BCUT2D eigenvalue weighted by molar-refractivity contribution is -0.121. The molecule has 2 atom stereocenters. The zero-order valence-electron chi connectivity index (χ0n) is 21.3. The number of thioether (sulfide) groups is 1. The molecule has 5 rings (SSSR count). The third-order valence-electron chi connectivity index (χ3n) is 6.71. The van der Waals surface area contributed by atoms with Crippen LogP contribution in [-0.4, -0.2) is 34.8 Å². The number of amides is 2. The zero-order chi connectivity index (χ0) is 27.4. The van der Waals surface area contributed by atoms with Crippen molar-refractivity contribution in [3.8, 4) is 6.19 Å². The largest absolute Gasteiger partial charge is 0.462 e. The van der Waals surface area contributed by atoms with Crippen LogP contribution >= 0.6 is 23.1 Å². The molecule has 1 aliphatic heterocycles. The van der Waals surface area contributed by atoms with Crippen molar-refractivity contribution in [3.05, 3.63) is 82.2 Å². The van der Waals surface area contributed by atoms with Crippen molar-refractivity contribution >= 4 is 56.7 Å². The Labute approximate surface area is 234 Å². The number of fused-ring (bicyclic) bond motifs is 1. The minimum atomic E-state index is -0.785. The molecule has 0 saturated carbocycles. The van der Waals surface area contributed by atoms with Crippen molar-refractivity contribution in [2.24, 2.45) is 4.99 Å². The van der Waals surface area contributed by atoms with Crippen LogP contribution in [0.15, 0.2) is 65.7 Å². The third kappa shape index (κ3) is 5.60. The number of ether oxygens (including phenoxy) is 1. The molecular weight excluding hydrogens is 532 g/mol. The number of benzene rings is 2. The molecule has 2 amide bonds. The molecule has 2 heterocycles. The summed E-state index contributed by atoms with van der Waals surface area (Å²) in [5, 5.41) is 11.5. The number of aliphatic imine (C=N–C) groups is 1. The molecule has 2 unspecified atom stereocenters. The van der Waals surface area contributed by atoms with E-state index in [0.29, 0.717) is 28.6 Å². The number of nitrogens with zero attached hydrogens (tertiary/aromatic N) is 3. The maximum atomic E-state index is 13.6. The molecule has 8 nitrogen and oxygen atoms in total. The van der Waals surface area contributed by atoms with Gasteiger partial charge in [-0.1, -0.05) is 60.3 Å². The lowest BCUT2D eigenvalue weighted by atomic mass is 9.83. The highest BCUT2D eigenvalue weighted by atomic mass is 32.2. The molecule has 0 bridgehead atoms. The van der Waals surface area contributed by atoms with Crippen molar-refractivity contribution < 1.29 is 19.1 Å². The summed E-state index contributed by atoms with van der Waals surface area (Å²) in [6.07, 6.45) is 4.03. The predicted octanol–water partition coefficient (Wildman–Crippen LogP) is 5.32. The predicted molar refractivity (Wildman–Crippen MR) is 152 cm³/mol. The Morgan fingerprint density at radius 1 is 1.15 bits per heavy atom. The monoisotopic (exact) mass is 558 g/mol. The van der Waals surface area contributed by atoms with Crippen molar-refractivity contribution in [1.82, 2.24) is 5.32 Å². The molecule has 198 valence electrons. The molecule has 1 saturated heterocycles. The van der Waals surface area contributed by atoms with Crippen molar-refractivity contribution in [3.63, 3.8) is 0 Å². The number of hydrogen-bond donors (Lipinski definition) is 1. The van der Waals surface area contributed by atoms with Crippen LogP contribution in [0.5, 0.6) is 0 Å². The molecule has 0 radical (unpaired) electrons. The van der Waals surface area contributed by atoms with E-state index in [1.807, 2.05) is 42.6 Å². The highest BCUT2D eigenvalue weighted by molar-refractivity contribution is 8.15. The van der Waals surface area contributed by atoms with E-state index >= 15 is 0 Å². The van der Waals surface area contributed by atoms with Gasteiger partial charge in [-0.05, 0) is 55.4 Å². The Hall–Kier alpha value is -3.94. The third-order valence-corrected chi connectivity index (χ3v) is 9.02. The molecule has 10 heteroatoms. The number of imide groups is 1. The Morgan fingerprint density at radius 3 is 2.56 bits per heavy atom. The Kier molecular flexibility index (Phi) is 8.10. The molecule has 1 aliphatic carbocycles. The lowest BCUT2D eigenvalue weighted by Crippen LogP contribution is -2.32. The van der Waals surface area contributed by atoms with E-state index in [2.05, 4.69) is 22.4 Å². The first kappa shape index (κ1) is 26.7. The quantitative estimate of drug-likeness (QED) is 0.109. The van der Waals surface area contributed by atoms with Crippen LogP contribution in [0.1, 0.15) is 52.0 Å². The van der Waals surface area contributed by atoms with Crippen LogP contribution < -0.4 is 10.2 Å². The first-order valence-corrected chi connectivity index (χ1v) is 14.4. The Balaban J connectivity index is 1.45. The van der Waals surface area contributed by atoms with E-state index in [4.69, 9.17) is 4.74 Å². The molecule has 39 heavy (non-hydrogen) atoms. The number of anilines is 1. The number of nitrogens with one attached hydrogen (secondary N) is 1. The van der Waals surface area contributed by atoms with E-state index in [0.717, 1.165) is 39.9 Å². The molecule has 2 aliphatic rings. The minimum absolute atomic E-state index is 0.0676. The van der Waals surface area contributed by atoms with Gasteiger partial charge < -0.3 is 4.74 Å². The fourth-order valence-corrected chi connectivity index (χ4v) is 7.35. The van der Waals surface area contributed by atoms with Crippen LogP contribution in [0, 0.1) is 11.5 Å². The number of esters is 1. The van der Waals surface area contributed by atoms with Gasteiger partial charge in [0.25, 0.3) is 0 Å². The second-order valence-electron chi connectivity index (χ2n) is 9.12. The van der Waals surface area contributed by atoms with Crippen LogP contribution in [0.25, 0.3) is 0 Å². The molecule has 2 aromatic carbocycles. The summed E-state index contributed by atoms with van der Waals surface area (Å²) in [5.41, 5.74) is 3.04. The molecule has 0 spiro atoms. The molecule has 1 N–H and O–H groups in total. The number of amidine groups is 1. The number of hydrogen-bond acceptors (Lipinski definition) is 8. The summed E-state index contributed by atoms with van der Waals surface area (Å²) in [5.74, 6) is -1.05. The van der Waals surface area contributed by atoms with Crippen molar-refractivity contribution in [2.75, 3.05) is 11.5 Å². The minimum Gasteiger partial charge on any atom is -0.462 e. The number of thiophene rings is 1. The van der Waals surface area contributed by atoms with Gasteiger partial charge in [-0.15, -0.1) is 11.3 Å². The maximum absolute atomic E-state index is 13.6. The Bertz CT molecular complexity index is 1460. The van der Waals surface area contributed by atoms with Gasteiger partial charge in [0.1, 0.15) is 10.3 Å². The molecule has 1 aromatic heterocycles. The lowest BCUT2D eigenvalue weighted by Gasteiger charge is -2.23. The number of para-hydroxylation sites is 1. The van der Waals surface area contributed by atoms with E-state index in [9.17, 15) is 19.6 Å². The average molecular weight is 559 g/mol. The van der Waals surface area contributed by atoms with Crippen LogP contribution in [-0.2, 0) is 27.2 Å². The van der Waals surface area contributed by atoms with Crippen molar-refractivity contribution in [2.45, 2.75) is 43.8 Å². The van der Waals surface area contributed by atoms with Crippen LogP contribution in [0.4, 0.5) is 10.7 Å². The highest BCUT2D eigenvalue weighted by Gasteiger charge is 2.44. The van der Waals surface area contributed by atoms with Gasteiger partial charge in [-0.25, -0.2) is 14.7 Å². The van der Waals surface area contributed by atoms with Gasteiger partial charge in [-0.2, -0.15) is 5.26 Å². The summed E-state index contributed by atoms with van der Waals surface area (Å²) in [4.78, 5) is 46.6. The second kappa shape index (κ2) is 11.8. The molecule has 1 fully saturated rings. The van der Waals surface area contributed by atoms with Gasteiger partial charge in [-0.3, -0.25) is 14.9 Å². The summed E-state index contributed by atoms with van der Waals surface area (Å²) < 4.78 is 5.37. The number of carbonyl (C=O) groups is 3. The SMILES string of the molecule is CCOC(=O)c1c(N2C(=O)CC(SC(=Nc3ccccc3)NC#N)C2=O)sc2c1CCC(c1ccccc1)C2. The van der Waals surface area contributed by atoms with Gasteiger partial charge >= 0.3 is 5.97 Å². The topological polar surface area (TPSA) is 112 Å². The zero-order valence-corrected chi connectivity index (χ0v) is 22.9. The highest BCUT2D eigenvalue weighted by Crippen LogP contribution is 2.46. The maximum Gasteiger partial charge on any atom is 0.341 e. The summed E-state index contributed by atoms with van der Waals surface area (Å²) in [6.45, 7) is 1.92. The smallest absolute Gasteiger partial charge is 0.341 e. The van der Waals surface area contributed by atoms with Crippen LogP contribution in [0.2, 0.25) is 0 Å². The van der Waals surface area contributed by atoms with Crippen molar-refractivity contribution in [1.29, 1.82) is 5.26 Å².